The van der Waals surface area contributed by atoms with Gasteiger partial charge in [-0.1, -0.05) is 0 Å². The molecule has 3 heteroatoms. The predicted octanol–water partition coefficient (Wildman–Crippen LogP) is 0.147. The van der Waals surface area contributed by atoms with Crippen LogP contribution in [0, 0.1) is 11.3 Å². The van der Waals surface area contributed by atoms with Gasteiger partial charge in [-0.05, 0) is 0 Å². The van der Waals surface area contributed by atoms with Crippen molar-refractivity contribution in [2.45, 2.75) is 6.92 Å². The zero-order valence-corrected chi connectivity index (χ0v) is 7.93. The van der Waals surface area contributed by atoms with Gasteiger partial charge in [0.05, 0.1) is 6.07 Å². The van der Waals surface area contributed by atoms with Gasteiger partial charge in [0.15, 0.2) is 0 Å². The third-order valence-electron chi connectivity index (χ3n) is 0. The van der Waals surface area contributed by atoms with Crippen LogP contribution in [0.5, 0.6) is 0 Å². The van der Waals surface area contributed by atoms with E-state index in [4.69, 9.17) is 5.26 Å². The maximum atomic E-state index is 7.32. The Bertz CT molecular complexity index is 31.1. The van der Waals surface area contributed by atoms with E-state index >= 15 is 0 Å². The number of nitriles is 1. The van der Waals surface area contributed by atoms with Crippen LogP contribution in [0.1, 0.15) is 6.92 Å². The van der Waals surface area contributed by atoms with Gasteiger partial charge < -0.3 is 0 Å². The van der Waals surface area contributed by atoms with Gasteiger partial charge in [0.1, 0.15) is 0 Å². The van der Waals surface area contributed by atoms with E-state index in [0.29, 0.717) is 0 Å². The first-order chi connectivity index (χ1) is 1.41. The monoisotopic (exact) mass is 298 g/mol. The van der Waals surface area contributed by atoms with Crippen molar-refractivity contribution in [2.75, 3.05) is 0 Å². The zero-order chi connectivity index (χ0) is 2.71. The smallest absolute Gasteiger partial charge is 0.0587 e. The summed E-state index contributed by atoms with van der Waals surface area (Å²) in [5.41, 5.74) is 0. The molecule has 25 valence electrons. The molecule has 0 bridgehead atoms. The molecule has 0 aliphatic carbocycles. The van der Waals surface area contributed by atoms with Gasteiger partial charge in [0.2, 0.25) is 0 Å². The minimum absolute atomic E-state index is 0. The van der Waals surface area contributed by atoms with Crippen LogP contribution in [0.3, 0.4) is 0 Å². The summed E-state index contributed by atoms with van der Waals surface area (Å²) in [4.78, 5) is 0. The minimum Gasteiger partial charge on any atom is -0.199 e. The van der Waals surface area contributed by atoms with Gasteiger partial charge in [0, 0.05) is 54.8 Å². The summed E-state index contributed by atoms with van der Waals surface area (Å²) in [7, 11) is 0. The Hall–Kier alpha value is 1.09. The molecule has 0 aromatic heterocycles. The summed E-state index contributed by atoms with van der Waals surface area (Å²) in [5, 5.41) is 7.32. The molecule has 3 radical (unpaired) electrons. The molecule has 0 spiro atoms. The number of hydrogen-bond acceptors (Lipinski definition) is 1. The zero-order valence-electron chi connectivity index (χ0n) is 2.89. The van der Waals surface area contributed by atoms with Crippen molar-refractivity contribution in [3.05, 3.63) is 0 Å². The Morgan fingerprint density at radius 1 is 1.60 bits per heavy atom. The van der Waals surface area contributed by atoms with Crippen LogP contribution in [0.2, 0.25) is 0 Å². The van der Waals surface area contributed by atoms with Gasteiger partial charge in [-0.15, -0.1) is 0 Å². The van der Waals surface area contributed by atoms with Crippen molar-refractivity contribution in [3.8, 4) is 6.07 Å². The van der Waals surface area contributed by atoms with Gasteiger partial charge in [-0.2, -0.15) is 5.26 Å². The van der Waals surface area contributed by atoms with E-state index in [2.05, 4.69) is 0 Å². The average Bonchev–Trinajstić information content (AvgIpc) is 0.918. The van der Waals surface area contributed by atoms with Crippen molar-refractivity contribution < 1.29 is 21.7 Å². The SMILES string of the molecule is CC#N.[Bi].[Ti]. The average molecular weight is 298 g/mol. The number of rotatable bonds is 0. The molecule has 5 heavy (non-hydrogen) atoms. The summed E-state index contributed by atoms with van der Waals surface area (Å²) in [5.74, 6) is 0. The maximum absolute atomic E-state index is 7.32. The molecule has 0 N–H and O–H groups in total. The maximum Gasteiger partial charge on any atom is 0.0587 e. The molecule has 0 aromatic carbocycles. The van der Waals surface area contributed by atoms with Crippen LogP contribution in [-0.4, -0.2) is 26.2 Å². The first kappa shape index (κ1) is 16.5. The van der Waals surface area contributed by atoms with Gasteiger partial charge >= 0.3 is 0 Å². The fraction of sp³-hybridized carbons (Fsp3) is 0.500. The van der Waals surface area contributed by atoms with Crippen LogP contribution in [0.25, 0.3) is 0 Å². The van der Waals surface area contributed by atoms with Gasteiger partial charge in [-0.25, -0.2) is 0 Å². The van der Waals surface area contributed by atoms with E-state index in [9.17, 15) is 0 Å². The van der Waals surface area contributed by atoms with Crippen molar-refractivity contribution in [2.24, 2.45) is 0 Å². The fourth-order valence-corrected chi connectivity index (χ4v) is 0. The van der Waals surface area contributed by atoms with E-state index in [1.165, 1.54) is 6.92 Å². The second-order valence-corrected chi connectivity index (χ2v) is 0.224. The standard InChI is InChI=1S/C2H3N.Bi.Ti/c1-2-3;;/h1H3;;. The molecule has 0 aliphatic rings. The van der Waals surface area contributed by atoms with Crippen molar-refractivity contribution in [3.63, 3.8) is 0 Å². The Balaban J connectivity index is -0.0000000200. The Morgan fingerprint density at radius 3 is 1.60 bits per heavy atom. The molecule has 1 nitrogen and oxygen atoms in total. The van der Waals surface area contributed by atoms with Crippen molar-refractivity contribution in [1.29, 1.82) is 5.26 Å². The fourth-order valence-electron chi connectivity index (χ4n) is 0. The van der Waals surface area contributed by atoms with E-state index in [1.807, 2.05) is 0 Å². The molecule has 0 unspecified atom stereocenters. The van der Waals surface area contributed by atoms with E-state index in [-0.39, 0.29) is 47.9 Å². The molecule has 0 aromatic rings. The van der Waals surface area contributed by atoms with Crippen LogP contribution in [-0.2, 0) is 21.7 Å². The third-order valence-corrected chi connectivity index (χ3v) is 0. The third kappa shape index (κ3) is 41.0. The molecule has 0 saturated carbocycles. The molecule has 0 fully saturated rings. The number of nitrogens with zero attached hydrogens (tertiary/aromatic N) is 1. The Morgan fingerprint density at radius 2 is 1.60 bits per heavy atom. The minimum atomic E-state index is 0. The Kier molecular flexibility index (Phi) is 64.5. The molecular formula is C2H3BiNTi. The molecule has 0 rings (SSSR count). The molecular weight excluding hydrogens is 295 g/mol. The summed E-state index contributed by atoms with van der Waals surface area (Å²) in [6.07, 6.45) is 0. The van der Waals surface area contributed by atoms with Crippen LogP contribution in [0.4, 0.5) is 0 Å². The Labute approximate surface area is 65.8 Å². The van der Waals surface area contributed by atoms with Gasteiger partial charge in [0.25, 0.3) is 0 Å². The number of hydrogen-bond donors (Lipinski definition) is 0. The normalized spacial score (nSPS) is 1.60. The largest absolute Gasteiger partial charge is 0.199 e. The van der Waals surface area contributed by atoms with Crippen LogP contribution in [0.15, 0.2) is 0 Å². The predicted molar refractivity (Wildman–Crippen MR) is 17.0 cm³/mol. The topological polar surface area (TPSA) is 23.8 Å². The van der Waals surface area contributed by atoms with E-state index in [1.54, 1.807) is 6.07 Å². The molecule has 0 amide bonds. The van der Waals surface area contributed by atoms with E-state index in [0.717, 1.165) is 0 Å². The molecule has 0 aliphatic heterocycles. The molecule has 0 heterocycles. The molecule has 0 saturated heterocycles. The quantitative estimate of drug-likeness (QED) is 0.584. The first-order valence-corrected chi connectivity index (χ1v) is 0.724. The summed E-state index contributed by atoms with van der Waals surface area (Å²) in [6, 6.07) is 1.75. The van der Waals surface area contributed by atoms with Crippen molar-refractivity contribution >= 4 is 26.2 Å². The molecule has 0 atom stereocenters. The summed E-state index contributed by atoms with van der Waals surface area (Å²) < 4.78 is 0. The first-order valence-electron chi connectivity index (χ1n) is 0.724. The summed E-state index contributed by atoms with van der Waals surface area (Å²) >= 11 is 0. The van der Waals surface area contributed by atoms with Crippen molar-refractivity contribution in [1.82, 2.24) is 0 Å². The second kappa shape index (κ2) is 19.5. The second-order valence-electron chi connectivity index (χ2n) is 0.224. The van der Waals surface area contributed by atoms with Gasteiger partial charge in [-0.3, -0.25) is 0 Å². The van der Waals surface area contributed by atoms with Crippen LogP contribution < -0.4 is 0 Å². The summed E-state index contributed by atoms with van der Waals surface area (Å²) in [6.45, 7) is 1.43. The van der Waals surface area contributed by atoms with E-state index < -0.39 is 0 Å². The van der Waals surface area contributed by atoms with Crippen LogP contribution >= 0.6 is 0 Å².